The van der Waals surface area contributed by atoms with Gasteiger partial charge in [0.05, 0.1) is 26.4 Å². The lowest BCUT2D eigenvalue weighted by molar-refractivity contribution is -0.161. The lowest BCUT2D eigenvalue weighted by Crippen LogP contribution is -2.30. The van der Waals surface area contributed by atoms with Crippen molar-refractivity contribution >= 4 is 39.5 Å². The van der Waals surface area contributed by atoms with Crippen LogP contribution in [0.2, 0.25) is 0 Å². The Morgan fingerprint density at radius 3 is 0.731 bits per heavy atom. The molecule has 104 heavy (non-hydrogen) atoms. The van der Waals surface area contributed by atoms with Gasteiger partial charge in [0.2, 0.25) is 0 Å². The lowest BCUT2D eigenvalue weighted by Gasteiger charge is -2.21. The highest BCUT2D eigenvalue weighted by molar-refractivity contribution is 7.47. The van der Waals surface area contributed by atoms with E-state index in [0.29, 0.717) is 25.7 Å². The topological polar surface area (TPSA) is 237 Å². The molecule has 0 amide bonds. The molecular formula is C85H166O17P2. The number of carbonyl (C=O) groups excluding carboxylic acids is 4. The molecular weight excluding hydrogens is 1350 g/mol. The lowest BCUT2D eigenvalue weighted by atomic mass is 9.99. The van der Waals surface area contributed by atoms with Crippen molar-refractivity contribution in [2.45, 2.75) is 471 Å². The van der Waals surface area contributed by atoms with E-state index in [1.807, 2.05) is 0 Å². The van der Waals surface area contributed by atoms with Crippen LogP contribution in [-0.2, 0) is 65.4 Å². The van der Waals surface area contributed by atoms with E-state index in [4.69, 9.17) is 37.0 Å². The molecule has 3 N–H and O–H groups in total. The predicted octanol–water partition coefficient (Wildman–Crippen LogP) is 25.8. The van der Waals surface area contributed by atoms with Gasteiger partial charge in [0.1, 0.15) is 19.3 Å². The summed E-state index contributed by atoms with van der Waals surface area (Å²) in [4.78, 5) is 73.1. The van der Waals surface area contributed by atoms with Crippen LogP contribution in [0.1, 0.15) is 452 Å². The fourth-order valence-electron chi connectivity index (χ4n) is 13.2. The van der Waals surface area contributed by atoms with Gasteiger partial charge in [-0.25, -0.2) is 9.13 Å². The summed E-state index contributed by atoms with van der Waals surface area (Å²) >= 11 is 0. The van der Waals surface area contributed by atoms with Crippen molar-refractivity contribution in [3.63, 3.8) is 0 Å². The molecule has 19 heteroatoms. The van der Waals surface area contributed by atoms with Crippen LogP contribution in [-0.4, -0.2) is 96.7 Å². The molecule has 0 bridgehead atoms. The molecule has 0 fully saturated rings. The molecule has 0 aromatic carbocycles. The maximum Gasteiger partial charge on any atom is 0.472 e. The molecule has 0 saturated heterocycles. The molecule has 3 unspecified atom stereocenters. The second kappa shape index (κ2) is 76.4. The molecule has 0 aromatic rings. The van der Waals surface area contributed by atoms with Crippen LogP contribution >= 0.6 is 15.6 Å². The predicted molar refractivity (Wildman–Crippen MR) is 428 cm³/mol. The SMILES string of the molecule is CCCCCCCCCCCCCCCCCCCCCCCCC(=O)O[C@H](COC(=O)CCCCCCCCCCCCCCCCCCCCC(C)C)COP(=O)(O)OC[C@@H](O)COP(=O)(O)OC[C@@H](COC(=O)CCCCCCCCCCC)OC(=O)CCCCCCCCCCC(C)CC. The molecule has 17 nitrogen and oxygen atoms in total. The van der Waals surface area contributed by atoms with Crippen molar-refractivity contribution in [2.24, 2.45) is 11.8 Å². The van der Waals surface area contributed by atoms with Gasteiger partial charge >= 0.3 is 39.5 Å². The zero-order valence-corrected chi connectivity index (χ0v) is 70.1. The van der Waals surface area contributed by atoms with E-state index in [1.54, 1.807) is 0 Å². The molecule has 0 aliphatic heterocycles. The fraction of sp³-hybridized carbons (Fsp3) is 0.953. The Balaban J connectivity index is 5.18. The third-order valence-corrected chi connectivity index (χ3v) is 22.2. The summed E-state index contributed by atoms with van der Waals surface area (Å²) in [6, 6.07) is 0. The Labute approximate surface area is 638 Å². The number of aliphatic hydroxyl groups is 1. The van der Waals surface area contributed by atoms with E-state index in [-0.39, 0.29) is 25.7 Å². The Bertz CT molecular complexity index is 2000. The van der Waals surface area contributed by atoms with Crippen LogP contribution in [0.5, 0.6) is 0 Å². The molecule has 0 spiro atoms. The minimum absolute atomic E-state index is 0.105. The summed E-state index contributed by atoms with van der Waals surface area (Å²) in [5, 5.41) is 10.7. The number of esters is 4. The summed E-state index contributed by atoms with van der Waals surface area (Å²) in [7, 11) is -9.92. The summed E-state index contributed by atoms with van der Waals surface area (Å²) in [6.45, 7) is 9.67. The van der Waals surface area contributed by atoms with Gasteiger partial charge in [-0.15, -0.1) is 0 Å². The Hall–Kier alpha value is -1.94. The highest BCUT2D eigenvalue weighted by Crippen LogP contribution is 2.45. The standard InChI is InChI=1S/C85H166O17P2/c1-7-10-12-14-16-18-19-20-21-22-23-24-25-26-31-34-37-40-44-51-57-63-69-84(89)101-80(74-96-83(88)68-62-56-50-43-39-36-33-30-28-27-29-32-35-38-42-47-53-59-65-77(4)5)75-99-103(91,92)97-71-79(86)72-98-104(93,94)100-76-81(73-95-82(87)67-61-55-49-41-17-15-13-11-8-2)102-85(90)70-64-58-52-46-45-48-54-60-66-78(6)9-3/h77-81,86H,7-76H2,1-6H3,(H,91,92)(H,93,94)/t78?,79-,80-,81-/m1/s1. The smallest absolute Gasteiger partial charge is 0.462 e. The number of ether oxygens (including phenoxy) is 4. The number of aliphatic hydroxyl groups excluding tert-OH is 1. The van der Waals surface area contributed by atoms with Crippen LogP contribution in [0.3, 0.4) is 0 Å². The van der Waals surface area contributed by atoms with Gasteiger partial charge in [-0.1, -0.05) is 401 Å². The highest BCUT2D eigenvalue weighted by atomic mass is 31.2. The van der Waals surface area contributed by atoms with Crippen molar-refractivity contribution in [1.29, 1.82) is 0 Å². The average molecular weight is 1520 g/mol. The number of carbonyl (C=O) groups is 4. The molecule has 618 valence electrons. The molecule has 0 heterocycles. The van der Waals surface area contributed by atoms with Crippen molar-refractivity contribution in [2.75, 3.05) is 39.6 Å². The fourth-order valence-corrected chi connectivity index (χ4v) is 14.8. The zero-order chi connectivity index (χ0) is 76.4. The number of hydrogen-bond donors (Lipinski definition) is 3. The van der Waals surface area contributed by atoms with Crippen LogP contribution in [0, 0.1) is 11.8 Å². The van der Waals surface area contributed by atoms with Gasteiger partial charge in [-0.3, -0.25) is 37.3 Å². The number of rotatable bonds is 84. The van der Waals surface area contributed by atoms with Crippen molar-refractivity contribution in [1.82, 2.24) is 0 Å². The van der Waals surface area contributed by atoms with E-state index in [1.165, 1.54) is 270 Å². The largest absolute Gasteiger partial charge is 0.472 e. The summed E-state index contributed by atoms with van der Waals surface area (Å²) in [5.74, 6) is -0.516. The van der Waals surface area contributed by atoms with E-state index < -0.39 is 97.5 Å². The van der Waals surface area contributed by atoms with Gasteiger partial charge in [0.25, 0.3) is 0 Å². The van der Waals surface area contributed by atoms with Crippen LogP contribution in [0.15, 0.2) is 0 Å². The monoisotopic (exact) mass is 1520 g/mol. The maximum atomic E-state index is 13.1. The van der Waals surface area contributed by atoms with E-state index in [0.717, 1.165) is 102 Å². The molecule has 0 rings (SSSR count). The minimum atomic E-state index is -4.96. The van der Waals surface area contributed by atoms with Crippen molar-refractivity contribution in [3.8, 4) is 0 Å². The third kappa shape index (κ3) is 76.8. The Morgan fingerprint density at radius 2 is 0.490 bits per heavy atom. The molecule has 0 aromatic heterocycles. The maximum absolute atomic E-state index is 13.1. The molecule has 6 atom stereocenters. The molecule has 0 radical (unpaired) electrons. The Morgan fingerprint density at radius 1 is 0.279 bits per heavy atom. The van der Waals surface area contributed by atoms with Crippen LogP contribution in [0.25, 0.3) is 0 Å². The molecule has 0 aliphatic rings. The highest BCUT2D eigenvalue weighted by Gasteiger charge is 2.30. The molecule has 0 aliphatic carbocycles. The van der Waals surface area contributed by atoms with Gasteiger partial charge in [-0.05, 0) is 37.5 Å². The number of phosphoric acid groups is 2. The first-order chi connectivity index (χ1) is 50.4. The van der Waals surface area contributed by atoms with E-state index in [9.17, 15) is 43.2 Å². The Kier molecular flexibility index (Phi) is 75.0. The number of hydrogen-bond acceptors (Lipinski definition) is 15. The average Bonchev–Trinajstić information content (AvgIpc) is 0.911. The second-order valence-electron chi connectivity index (χ2n) is 31.3. The van der Waals surface area contributed by atoms with Gasteiger partial charge < -0.3 is 33.8 Å². The van der Waals surface area contributed by atoms with Gasteiger partial charge in [0, 0.05) is 25.7 Å². The first kappa shape index (κ1) is 102. The third-order valence-electron chi connectivity index (χ3n) is 20.3. The zero-order valence-electron chi connectivity index (χ0n) is 68.3. The summed E-state index contributed by atoms with van der Waals surface area (Å²) in [5.41, 5.74) is 0. The van der Waals surface area contributed by atoms with E-state index >= 15 is 0 Å². The van der Waals surface area contributed by atoms with Crippen LogP contribution in [0.4, 0.5) is 0 Å². The van der Waals surface area contributed by atoms with Gasteiger partial charge in [-0.2, -0.15) is 0 Å². The van der Waals surface area contributed by atoms with Crippen molar-refractivity contribution in [3.05, 3.63) is 0 Å². The summed E-state index contributed by atoms with van der Waals surface area (Å²) in [6.07, 6.45) is 68.3. The summed E-state index contributed by atoms with van der Waals surface area (Å²) < 4.78 is 68.8. The van der Waals surface area contributed by atoms with Crippen molar-refractivity contribution < 1.29 is 80.2 Å². The first-order valence-electron chi connectivity index (χ1n) is 44.0. The van der Waals surface area contributed by atoms with Crippen LogP contribution < -0.4 is 0 Å². The molecule has 0 saturated carbocycles. The second-order valence-corrected chi connectivity index (χ2v) is 34.2. The normalized spacial score (nSPS) is 14.1. The minimum Gasteiger partial charge on any atom is -0.462 e. The number of unbranched alkanes of at least 4 members (excludes halogenated alkanes) is 53. The number of phosphoric ester groups is 2. The van der Waals surface area contributed by atoms with Gasteiger partial charge in [0.15, 0.2) is 12.2 Å². The quantitative estimate of drug-likeness (QED) is 0.0222. The van der Waals surface area contributed by atoms with E-state index in [2.05, 4.69) is 41.5 Å². The first-order valence-corrected chi connectivity index (χ1v) is 47.0.